The molecule has 0 spiro atoms. The van der Waals surface area contributed by atoms with Gasteiger partial charge in [0.25, 0.3) is 0 Å². The monoisotopic (exact) mass is 209 g/mol. The van der Waals surface area contributed by atoms with Crippen LogP contribution in [-0.2, 0) is 9.47 Å². The number of rotatable bonds is 7. The first-order valence-electron chi connectivity index (χ1n) is 4.44. The molecule has 0 aliphatic carbocycles. The number of nitrogens with zero attached hydrogens (tertiary/aromatic N) is 1. The molecule has 0 aliphatic rings. The Bertz CT molecular complexity index is 124. The summed E-state index contributed by atoms with van der Waals surface area (Å²) in [6, 6.07) is 0.392. The van der Waals surface area contributed by atoms with Crippen molar-refractivity contribution in [3.8, 4) is 0 Å². The summed E-state index contributed by atoms with van der Waals surface area (Å²) in [5, 5.41) is 0.0503. The average molecular weight is 210 g/mol. The third-order valence-corrected chi connectivity index (χ3v) is 2.26. The van der Waals surface area contributed by atoms with Crippen LogP contribution in [0, 0.1) is 0 Å². The molecule has 0 aromatic carbocycles. The number of halogens is 1. The summed E-state index contributed by atoms with van der Waals surface area (Å²) in [4.78, 5) is 2.17. The van der Waals surface area contributed by atoms with Crippen molar-refractivity contribution in [1.82, 2.24) is 4.90 Å². The molecule has 0 aliphatic heterocycles. The predicted octanol–water partition coefficient (Wildman–Crippen LogP) is 1.21. The Kier molecular flexibility index (Phi) is 7.66. The van der Waals surface area contributed by atoms with E-state index in [1.165, 1.54) is 0 Å². The van der Waals surface area contributed by atoms with Crippen molar-refractivity contribution in [1.29, 1.82) is 0 Å². The molecule has 13 heavy (non-hydrogen) atoms. The maximum Gasteiger partial charge on any atom is 0.0696 e. The minimum atomic E-state index is 0.0503. The van der Waals surface area contributed by atoms with Crippen LogP contribution in [0.25, 0.3) is 0 Å². The molecule has 3 nitrogen and oxygen atoms in total. The fourth-order valence-corrected chi connectivity index (χ4v) is 1.44. The SMILES string of the molecule is COCC(Cl)CN(C)C(C)COC. The number of ether oxygens (including phenoxy) is 2. The van der Waals surface area contributed by atoms with E-state index < -0.39 is 0 Å². The standard InChI is InChI=1S/C9H20ClNO2/c1-8(6-12-3)11(2)5-9(10)7-13-4/h8-9H,5-7H2,1-4H3. The molecule has 0 radical (unpaired) electrons. The average Bonchev–Trinajstić information content (AvgIpc) is 2.05. The summed E-state index contributed by atoms with van der Waals surface area (Å²) < 4.78 is 10.0. The minimum Gasteiger partial charge on any atom is -0.383 e. The van der Waals surface area contributed by atoms with Crippen LogP contribution in [0.4, 0.5) is 0 Å². The normalized spacial score (nSPS) is 16.2. The van der Waals surface area contributed by atoms with Crippen LogP contribution in [0.3, 0.4) is 0 Å². The van der Waals surface area contributed by atoms with E-state index in [1.54, 1.807) is 14.2 Å². The second kappa shape index (κ2) is 7.56. The van der Waals surface area contributed by atoms with Crippen LogP contribution in [0.1, 0.15) is 6.92 Å². The predicted molar refractivity (Wildman–Crippen MR) is 55.5 cm³/mol. The van der Waals surface area contributed by atoms with Gasteiger partial charge in [-0.2, -0.15) is 0 Å². The Morgan fingerprint density at radius 2 is 1.77 bits per heavy atom. The first-order chi connectivity index (χ1) is 6.11. The van der Waals surface area contributed by atoms with Crippen molar-refractivity contribution in [2.45, 2.75) is 18.3 Å². The van der Waals surface area contributed by atoms with Gasteiger partial charge in [-0.3, -0.25) is 4.90 Å². The highest BCUT2D eigenvalue weighted by Gasteiger charge is 2.13. The van der Waals surface area contributed by atoms with Gasteiger partial charge in [0.2, 0.25) is 0 Å². The van der Waals surface area contributed by atoms with E-state index in [0.29, 0.717) is 12.6 Å². The van der Waals surface area contributed by atoms with E-state index in [4.69, 9.17) is 21.1 Å². The topological polar surface area (TPSA) is 21.7 Å². The number of alkyl halides is 1. The van der Waals surface area contributed by atoms with Gasteiger partial charge in [-0.1, -0.05) is 0 Å². The molecule has 0 aromatic rings. The van der Waals surface area contributed by atoms with Gasteiger partial charge in [0.05, 0.1) is 18.6 Å². The molecule has 0 saturated heterocycles. The fourth-order valence-electron chi connectivity index (χ4n) is 1.09. The van der Waals surface area contributed by atoms with Crippen LogP contribution in [0.5, 0.6) is 0 Å². The van der Waals surface area contributed by atoms with E-state index in [1.807, 2.05) is 7.05 Å². The van der Waals surface area contributed by atoms with Crippen molar-refractivity contribution >= 4 is 11.6 Å². The quantitative estimate of drug-likeness (QED) is 0.589. The van der Waals surface area contributed by atoms with E-state index >= 15 is 0 Å². The largest absolute Gasteiger partial charge is 0.383 e. The van der Waals surface area contributed by atoms with Gasteiger partial charge < -0.3 is 9.47 Å². The smallest absolute Gasteiger partial charge is 0.0696 e. The van der Waals surface area contributed by atoms with Crippen LogP contribution < -0.4 is 0 Å². The first kappa shape index (κ1) is 13.2. The zero-order valence-corrected chi connectivity index (χ0v) is 9.67. The summed E-state index contributed by atoms with van der Waals surface area (Å²) in [7, 11) is 5.40. The van der Waals surface area contributed by atoms with Crippen molar-refractivity contribution in [3.63, 3.8) is 0 Å². The summed E-state index contributed by atoms with van der Waals surface area (Å²) in [5.74, 6) is 0. The lowest BCUT2D eigenvalue weighted by Crippen LogP contribution is -2.37. The van der Waals surface area contributed by atoms with Crippen molar-refractivity contribution < 1.29 is 9.47 Å². The maximum absolute atomic E-state index is 6.01. The first-order valence-corrected chi connectivity index (χ1v) is 4.87. The minimum absolute atomic E-state index is 0.0503. The van der Waals surface area contributed by atoms with Crippen molar-refractivity contribution in [3.05, 3.63) is 0 Å². The Hall–Kier alpha value is 0.170. The van der Waals surface area contributed by atoms with Gasteiger partial charge in [0.1, 0.15) is 0 Å². The lowest BCUT2D eigenvalue weighted by molar-refractivity contribution is 0.107. The molecule has 2 atom stereocenters. The van der Waals surface area contributed by atoms with E-state index in [9.17, 15) is 0 Å². The molecule has 0 N–H and O–H groups in total. The van der Waals surface area contributed by atoms with Crippen LogP contribution >= 0.6 is 11.6 Å². The lowest BCUT2D eigenvalue weighted by Gasteiger charge is -2.25. The molecular formula is C9H20ClNO2. The molecule has 0 rings (SSSR count). The summed E-state index contributed by atoms with van der Waals surface area (Å²) in [5.41, 5.74) is 0. The highest BCUT2D eigenvalue weighted by Crippen LogP contribution is 2.03. The molecule has 2 unspecified atom stereocenters. The molecule has 0 fully saturated rings. The third-order valence-electron chi connectivity index (χ3n) is 1.99. The molecular weight excluding hydrogens is 190 g/mol. The number of hydrogen-bond donors (Lipinski definition) is 0. The van der Waals surface area contributed by atoms with Gasteiger partial charge in [-0.05, 0) is 14.0 Å². The maximum atomic E-state index is 6.01. The number of likely N-dealkylation sites (N-methyl/N-ethyl adjacent to an activating group) is 1. The van der Waals surface area contributed by atoms with Crippen LogP contribution in [-0.4, -0.2) is 57.3 Å². The van der Waals surface area contributed by atoms with Gasteiger partial charge in [0.15, 0.2) is 0 Å². The molecule has 4 heteroatoms. The molecule has 0 saturated carbocycles. The van der Waals surface area contributed by atoms with Crippen molar-refractivity contribution in [2.24, 2.45) is 0 Å². The van der Waals surface area contributed by atoms with Gasteiger partial charge in [-0.15, -0.1) is 11.6 Å². The summed E-state index contributed by atoms with van der Waals surface area (Å²) in [6.07, 6.45) is 0. The Morgan fingerprint density at radius 3 is 2.23 bits per heavy atom. The van der Waals surface area contributed by atoms with E-state index in [2.05, 4.69) is 11.8 Å². The second-order valence-corrected chi connectivity index (χ2v) is 3.91. The molecule has 0 aromatic heterocycles. The summed E-state index contributed by atoms with van der Waals surface area (Å²) >= 11 is 6.01. The zero-order chi connectivity index (χ0) is 10.3. The third kappa shape index (κ3) is 6.27. The number of methoxy groups -OCH3 is 2. The highest BCUT2D eigenvalue weighted by atomic mass is 35.5. The lowest BCUT2D eigenvalue weighted by atomic mass is 10.3. The van der Waals surface area contributed by atoms with Gasteiger partial charge in [-0.25, -0.2) is 0 Å². The highest BCUT2D eigenvalue weighted by molar-refractivity contribution is 6.20. The van der Waals surface area contributed by atoms with E-state index in [0.717, 1.165) is 13.2 Å². The molecule has 0 amide bonds. The fraction of sp³-hybridized carbons (Fsp3) is 1.00. The Labute approximate surface area is 85.9 Å². The number of hydrogen-bond acceptors (Lipinski definition) is 3. The van der Waals surface area contributed by atoms with E-state index in [-0.39, 0.29) is 5.38 Å². The van der Waals surface area contributed by atoms with Crippen molar-refractivity contribution in [2.75, 3.05) is 41.0 Å². The van der Waals surface area contributed by atoms with Crippen LogP contribution in [0.15, 0.2) is 0 Å². The van der Waals surface area contributed by atoms with Gasteiger partial charge >= 0.3 is 0 Å². The summed E-state index contributed by atoms with van der Waals surface area (Å²) in [6.45, 7) is 4.25. The van der Waals surface area contributed by atoms with Gasteiger partial charge in [0, 0.05) is 26.8 Å². The van der Waals surface area contributed by atoms with Crippen LogP contribution in [0.2, 0.25) is 0 Å². The zero-order valence-electron chi connectivity index (χ0n) is 8.92. The molecule has 0 bridgehead atoms. The Morgan fingerprint density at radius 1 is 1.23 bits per heavy atom. The molecule has 0 heterocycles. The second-order valence-electron chi connectivity index (χ2n) is 3.30. The Balaban J connectivity index is 3.64. The molecule has 80 valence electrons.